The van der Waals surface area contributed by atoms with Gasteiger partial charge in [-0.15, -0.1) is 0 Å². The van der Waals surface area contributed by atoms with Gasteiger partial charge in [-0.1, -0.05) is 0 Å². The molecule has 1 aromatic carbocycles. The number of piperidine rings is 1. The number of ether oxygens (including phenoxy) is 1. The summed E-state index contributed by atoms with van der Waals surface area (Å²) in [5, 5.41) is 10.5. The molecule has 13 heteroatoms. The van der Waals surface area contributed by atoms with Crippen LogP contribution < -0.4 is 15.0 Å². The highest BCUT2D eigenvalue weighted by molar-refractivity contribution is 5.79. The van der Waals surface area contributed by atoms with Gasteiger partial charge in [-0.05, 0) is 32.0 Å². The number of halogens is 5. The Bertz CT molecular complexity index is 1200. The molecule has 8 nitrogen and oxygen atoms in total. The Kier molecular flexibility index (Phi) is 8.43. The van der Waals surface area contributed by atoms with Crippen LogP contribution >= 0.6 is 0 Å². The average molecular weight is 513 g/mol. The fourth-order valence-electron chi connectivity index (χ4n) is 3.42. The Labute approximate surface area is 203 Å². The molecular formula is C23H24F5N5O3. The average Bonchev–Trinajstić information content (AvgIpc) is 2.80. The number of anilines is 2. The van der Waals surface area contributed by atoms with Gasteiger partial charge in [0.15, 0.2) is 23.2 Å². The Balaban J connectivity index is 0.000000454. The van der Waals surface area contributed by atoms with Crippen molar-refractivity contribution < 1.29 is 36.6 Å². The number of pyridine rings is 1. The number of hydrogen-bond acceptors (Lipinski definition) is 7. The van der Waals surface area contributed by atoms with Gasteiger partial charge in [0.25, 0.3) is 0 Å². The van der Waals surface area contributed by atoms with Gasteiger partial charge in [0.2, 0.25) is 0 Å². The number of nitrogens with zero attached hydrogens (tertiary/aromatic N) is 4. The van der Waals surface area contributed by atoms with Crippen LogP contribution in [0.15, 0.2) is 36.7 Å². The maximum Gasteiger partial charge on any atom is 0.490 e. The highest BCUT2D eigenvalue weighted by Gasteiger charge is 2.38. The van der Waals surface area contributed by atoms with Gasteiger partial charge in [0.1, 0.15) is 17.4 Å². The van der Waals surface area contributed by atoms with Gasteiger partial charge in [0.05, 0.1) is 11.7 Å². The van der Waals surface area contributed by atoms with Gasteiger partial charge in [-0.3, -0.25) is 4.98 Å². The molecule has 194 valence electrons. The first kappa shape index (κ1) is 26.8. The van der Waals surface area contributed by atoms with Crippen LogP contribution in [-0.4, -0.2) is 57.4 Å². The third kappa shape index (κ3) is 7.12. The minimum absolute atomic E-state index is 0.0867. The summed E-state index contributed by atoms with van der Waals surface area (Å²) >= 11 is 0. The van der Waals surface area contributed by atoms with Gasteiger partial charge in [0, 0.05) is 44.2 Å². The number of carboxylic acid groups (broad SMARTS) is 1. The van der Waals surface area contributed by atoms with Crippen LogP contribution in [0.4, 0.5) is 33.6 Å². The quantitative estimate of drug-likeness (QED) is 0.469. The monoisotopic (exact) mass is 513 g/mol. The topological polar surface area (TPSA) is 100 Å². The van der Waals surface area contributed by atoms with Crippen LogP contribution in [0.3, 0.4) is 0 Å². The first-order valence-corrected chi connectivity index (χ1v) is 11.0. The van der Waals surface area contributed by atoms with Crippen molar-refractivity contribution in [1.29, 1.82) is 0 Å². The number of fused-ring (bicyclic) bond motifs is 1. The predicted molar refractivity (Wildman–Crippen MR) is 122 cm³/mol. The molecule has 0 aliphatic carbocycles. The largest absolute Gasteiger partial charge is 0.490 e. The second-order valence-electron chi connectivity index (χ2n) is 8.24. The zero-order chi connectivity index (χ0) is 26.5. The lowest BCUT2D eigenvalue weighted by Crippen LogP contribution is -2.39. The molecule has 36 heavy (non-hydrogen) atoms. The van der Waals surface area contributed by atoms with Crippen molar-refractivity contribution in [1.82, 2.24) is 15.0 Å². The Morgan fingerprint density at radius 3 is 2.39 bits per heavy atom. The Morgan fingerprint density at radius 1 is 1.14 bits per heavy atom. The van der Waals surface area contributed by atoms with Crippen molar-refractivity contribution in [3.8, 4) is 5.75 Å². The standard InChI is InChI=1S/C21H23F2N5O.C2HF3O2/c1-13(2)25-20-21(27-18-12-24-8-5-17(18)26-20)28-9-6-15(7-10-28)29-19-4-3-14(22)11-16(19)23;3-2(4,5)1(6)7/h3-5,8,11-13,15H,6-7,9-10H2,1-2H3,(H,25,26);(H,6,7). The van der Waals surface area contributed by atoms with Crippen LogP contribution in [0.25, 0.3) is 11.0 Å². The summed E-state index contributed by atoms with van der Waals surface area (Å²) in [5.41, 5.74) is 1.53. The van der Waals surface area contributed by atoms with E-state index in [4.69, 9.17) is 24.6 Å². The summed E-state index contributed by atoms with van der Waals surface area (Å²) in [7, 11) is 0. The number of carbonyl (C=O) groups is 1. The molecule has 1 fully saturated rings. The predicted octanol–water partition coefficient (Wildman–Crippen LogP) is 4.80. The minimum Gasteiger partial charge on any atom is -0.487 e. The molecule has 3 aromatic rings. The van der Waals surface area contributed by atoms with E-state index in [1.54, 1.807) is 12.4 Å². The van der Waals surface area contributed by atoms with Gasteiger partial charge >= 0.3 is 12.1 Å². The number of hydrogen-bond donors (Lipinski definition) is 2. The molecule has 1 aliphatic heterocycles. The minimum atomic E-state index is -5.08. The van der Waals surface area contributed by atoms with Crippen LogP contribution in [0.1, 0.15) is 26.7 Å². The molecule has 2 N–H and O–H groups in total. The molecule has 0 saturated carbocycles. The number of rotatable bonds is 5. The van der Waals surface area contributed by atoms with Crippen LogP contribution in [0, 0.1) is 11.6 Å². The lowest BCUT2D eigenvalue weighted by molar-refractivity contribution is -0.192. The van der Waals surface area contributed by atoms with Crippen LogP contribution in [-0.2, 0) is 4.79 Å². The molecule has 0 amide bonds. The molecule has 0 spiro atoms. The maximum absolute atomic E-state index is 13.9. The zero-order valence-electron chi connectivity index (χ0n) is 19.4. The number of alkyl halides is 3. The highest BCUT2D eigenvalue weighted by atomic mass is 19.4. The molecule has 4 rings (SSSR count). The fraction of sp³-hybridized carbons (Fsp3) is 0.391. The van der Waals surface area contributed by atoms with E-state index in [0.717, 1.165) is 28.7 Å². The summed E-state index contributed by atoms with van der Waals surface area (Å²) in [5.74, 6) is -2.44. The second-order valence-corrected chi connectivity index (χ2v) is 8.24. The third-order valence-electron chi connectivity index (χ3n) is 5.05. The number of aromatic nitrogens is 3. The number of nitrogens with one attached hydrogen (secondary N) is 1. The van der Waals surface area contributed by atoms with Crippen LogP contribution in [0.5, 0.6) is 5.75 Å². The summed E-state index contributed by atoms with van der Waals surface area (Å²) in [6, 6.07) is 5.44. The smallest absolute Gasteiger partial charge is 0.487 e. The van der Waals surface area contributed by atoms with Gasteiger partial charge in [-0.25, -0.2) is 23.5 Å². The molecule has 0 radical (unpaired) electrons. The van der Waals surface area contributed by atoms with E-state index < -0.39 is 23.8 Å². The van der Waals surface area contributed by atoms with Gasteiger partial charge < -0.3 is 20.1 Å². The van der Waals surface area contributed by atoms with Crippen molar-refractivity contribution in [3.05, 3.63) is 48.3 Å². The van der Waals surface area contributed by atoms with E-state index in [-0.39, 0.29) is 17.9 Å². The SMILES string of the molecule is CC(C)Nc1nc2ccncc2nc1N1CCC(Oc2ccc(F)cc2F)CC1.O=C(O)C(F)(F)F. The van der Waals surface area contributed by atoms with Crippen molar-refractivity contribution in [2.45, 2.75) is 45.0 Å². The Morgan fingerprint density at radius 2 is 1.81 bits per heavy atom. The summed E-state index contributed by atoms with van der Waals surface area (Å²) in [6.45, 7) is 5.50. The first-order chi connectivity index (χ1) is 16.9. The van der Waals surface area contributed by atoms with E-state index in [2.05, 4.69) is 29.0 Å². The first-order valence-electron chi connectivity index (χ1n) is 11.0. The molecule has 2 aromatic heterocycles. The summed E-state index contributed by atoms with van der Waals surface area (Å²) in [6.07, 6.45) is -0.413. The third-order valence-corrected chi connectivity index (χ3v) is 5.05. The lowest BCUT2D eigenvalue weighted by Gasteiger charge is -2.34. The van der Waals surface area contributed by atoms with E-state index in [9.17, 15) is 22.0 Å². The number of aliphatic carboxylic acids is 1. The van der Waals surface area contributed by atoms with Crippen LogP contribution in [0.2, 0.25) is 0 Å². The van der Waals surface area contributed by atoms with Crippen molar-refractivity contribution in [2.75, 3.05) is 23.3 Å². The molecule has 1 saturated heterocycles. The van der Waals surface area contributed by atoms with Crippen molar-refractivity contribution in [3.63, 3.8) is 0 Å². The molecule has 0 atom stereocenters. The summed E-state index contributed by atoms with van der Waals surface area (Å²) < 4.78 is 64.4. The molecule has 3 heterocycles. The molecule has 1 aliphatic rings. The number of benzene rings is 1. The van der Waals surface area contributed by atoms with E-state index in [1.807, 2.05) is 6.07 Å². The van der Waals surface area contributed by atoms with E-state index in [1.165, 1.54) is 12.1 Å². The highest BCUT2D eigenvalue weighted by Crippen LogP contribution is 2.29. The van der Waals surface area contributed by atoms with E-state index >= 15 is 0 Å². The second kappa shape index (κ2) is 11.3. The maximum atomic E-state index is 13.9. The molecular weight excluding hydrogens is 489 g/mol. The fourth-order valence-corrected chi connectivity index (χ4v) is 3.42. The lowest BCUT2D eigenvalue weighted by atomic mass is 10.1. The molecule has 0 bridgehead atoms. The van der Waals surface area contributed by atoms with Crippen molar-refractivity contribution in [2.24, 2.45) is 0 Å². The number of carboxylic acids is 1. The Hall–Kier alpha value is -3.77. The van der Waals surface area contributed by atoms with Gasteiger partial charge in [-0.2, -0.15) is 13.2 Å². The zero-order valence-corrected chi connectivity index (χ0v) is 19.4. The van der Waals surface area contributed by atoms with Crippen molar-refractivity contribution >= 4 is 28.6 Å². The van der Waals surface area contributed by atoms with E-state index in [0.29, 0.717) is 25.9 Å². The molecule has 0 unspecified atom stereocenters. The summed E-state index contributed by atoms with van der Waals surface area (Å²) in [4.78, 5) is 24.7. The normalized spacial score (nSPS) is 14.4.